The smallest absolute Gasteiger partial charge is 0.244 e. The van der Waals surface area contributed by atoms with Gasteiger partial charge in [-0.05, 0) is 55.9 Å². The van der Waals surface area contributed by atoms with Gasteiger partial charge in [0.05, 0.1) is 0 Å². The third-order valence-corrected chi connectivity index (χ3v) is 4.12. The first kappa shape index (κ1) is 20.0. The molecule has 1 amide bonds. The van der Waals surface area contributed by atoms with Crippen LogP contribution >= 0.6 is 0 Å². The molecule has 4 nitrogen and oxygen atoms in total. The first-order chi connectivity index (χ1) is 12.4. The van der Waals surface area contributed by atoms with E-state index in [1.54, 1.807) is 48.2 Å². The zero-order valence-corrected chi connectivity index (χ0v) is 15.0. The highest BCUT2D eigenvalue weighted by Crippen LogP contribution is 2.23. The lowest BCUT2D eigenvalue weighted by Crippen LogP contribution is -2.41. The molecule has 0 saturated heterocycles. The summed E-state index contributed by atoms with van der Waals surface area (Å²) >= 11 is 0. The number of benzene rings is 2. The maximum Gasteiger partial charge on any atom is 0.244 e. The van der Waals surface area contributed by atoms with Gasteiger partial charge in [-0.1, -0.05) is 24.3 Å². The Morgan fingerprint density at radius 1 is 1.00 bits per heavy atom. The van der Waals surface area contributed by atoms with Crippen molar-refractivity contribution in [3.05, 3.63) is 71.3 Å². The van der Waals surface area contributed by atoms with Crippen molar-refractivity contribution in [2.75, 3.05) is 27.2 Å². The zero-order chi connectivity index (χ0) is 19.1. The minimum absolute atomic E-state index is 0.0314. The van der Waals surface area contributed by atoms with Crippen LogP contribution in [0.15, 0.2) is 48.5 Å². The Labute approximate surface area is 152 Å². The first-order valence-corrected chi connectivity index (χ1v) is 8.48. The van der Waals surface area contributed by atoms with Crippen molar-refractivity contribution in [1.82, 2.24) is 9.80 Å². The molecule has 0 aliphatic heterocycles. The number of rotatable bonds is 8. The highest BCUT2D eigenvalue weighted by molar-refractivity contribution is 5.83. The Kier molecular flexibility index (Phi) is 7.24. The fraction of sp³-hybridized carbons (Fsp3) is 0.350. The van der Waals surface area contributed by atoms with Crippen molar-refractivity contribution < 1.29 is 18.7 Å². The average Bonchev–Trinajstić information content (AvgIpc) is 2.61. The quantitative estimate of drug-likeness (QED) is 0.785. The van der Waals surface area contributed by atoms with E-state index in [0.717, 1.165) is 5.56 Å². The van der Waals surface area contributed by atoms with E-state index >= 15 is 0 Å². The topological polar surface area (TPSA) is 43.8 Å². The Bertz CT molecular complexity index is 703. The van der Waals surface area contributed by atoms with Crippen molar-refractivity contribution in [2.24, 2.45) is 0 Å². The predicted octanol–water partition coefficient (Wildman–Crippen LogP) is 2.98. The van der Waals surface area contributed by atoms with Crippen molar-refractivity contribution in [3.63, 3.8) is 0 Å². The Morgan fingerprint density at radius 2 is 1.54 bits per heavy atom. The zero-order valence-electron chi connectivity index (χ0n) is 15.0. The number of hydrogen-bond acceptors (Lipinski definition) is 3. The number of likely N-dealkylation sites (N-methyl/N-ethyl adjacent to an activating group) is 1. The fourth-order valence-electron chi connectivity index (χ4n) is 2.82. The molecule has 2 rings (SSSR count). The summed E-state index contributed by atoms with van der Waals surface area (Å²) in [5.74, 6) is -0.846. The summed E-state index contributed by atoms with van der Waals surface area (Å²) in [7, 11) is 3.57. The average molecular weight is 362 g/mol. The largest absolute Gasteiger partial charge is 0.396 e. The molecule has 6 heteroatoms. The Balaban J connectivity index is 2.26. The highest BCUT2D eigenvalue weighted by atomic mass is 19.1. The van der Waals surface area contributed by atoms with E-state index in [0.29, 0.717) is 25.1 Å². The predicted molar refractivity (Wildman–Crippen MR) is 96.3 cm³/mol. The van der Waals surface area contributed by atoms with Crippen LogP contribution < -0.4 is 0 Å². The lowest BCUT2D eigenvalue weighted by atomic mass is 10.0. The first-order valence-electron chi connectivity index (χ1n) is 8.48. The van der Waals surface area contributed by atoms with Crippen LogP contribution in [-0.4, -0.2) is 48.1 Å². The van der Waals surface area contributed by atoms with Crippen LogP contribution in [0.5, 0.6) is 0 Å². The summed E-state index contributed by atoms with van der Waals surface area (Å²) in [6, 6.07) is 11.3. The minimum atomic E-state index is -0.574. The summed E-state index contributed by atoms with van der Waals surface area (Å²) in [6.45, 7) is 0.652. The molecule has 26 heavy (non-hydrogen) atoms. The van der Waals surface area contributed by atoms with Gasteiger partial charge < -0.3 is 10.0 Å². The summed E-state index contributed by atoms with van der Waals surface area (Å²) < 4.78 is 26.4. The minimum Gasteiger partial charge on any atom is -0.396 e. The summed E-state index contributed by atoms with van der Waals surface area (Å²) in [5.41, 5.74) is 1.49. The number of aliphatic hydroxyl groups is 1. The lowest BCUT2D eigenvalue weighted by Gasteiger charge is -2.31. The van der Waals surface area contributed by atoms with Crippen LogP contribution in [0.3, 0.4) is 0 Å². The number of hydrogen-bond donors (Lipinski definition) is 1. The third-order valence-electron chi connectivity index (χ3n) is 4.12. The molecular weight excluding hydrogens is 338 g/mol. The van der Waals surface area contributed by atoms with Crippen LogP contribution in [0, 0.1) is 11.6 Å². The van der Waals surface area contributed by atoms with Gasteiger partial charge in [0, 0.05) is 19.7 Å². The van der Waals surface area contributed by atoms with Gasteiger partial charge in [-0.2, -0.15) is 0 Å². The summed E-state index contributed by atoms with van der Waals surface area (Å²) in [6.07, 6.45) is 0.441. The maximum atomic E-state index is 13.2. The normalized spacial score (nSPS) is 12.2. The second-order valence-electron chi connectivity index (χ2n) is 6.38. The second-order valence-corrected chi connectivity index (χ2v) is 6.38. The number of carbonyl (C=O) groups excluding carboxylic acids is 1. The maximum absolute atomic E-state index is 13.2. The number of carbonyl (C=O) groups is 1. The van der Waals surface area contributed by atoms with E-state index in [1.807, 2.05) is 0 Å². The number of halogens is 2. The van der Waals surface area contributed by atoms with Gasteiger partial charge in [-0.15, -0.1) is 0 Å². The van der Waals surface area contributed by atoms with Gasteiger partial charge in [0.1, 0.15) is 17.7 Å². The molecule has 0 bridgehead atoms. The fourth-order valence-corrected chi connectivity index (χ4v) is 2.82. The standard InChI is InChI=1S/C20H24F2N2O2/c1-23(2)19(16-6-10-18(22)11-7-16)20(26)24(12-3-13-25)14-15-4-8-17(21)9-5-15/h4-11,19,25H,3,12-14H2,1-2H3/t19-/m0/s1. The molecule has 0 unspecified atom stereocenters. The molecule has 2 aromatic rings. The van der Waals surface area contributed by atoms with Gasteiger partial charge >= 0.3 is 0 Å². The molecule has 0 radical (unpaired) electrons. The van der Waals surface area contributed by atoms with E-state index in [-0.39, 0.29) is 24.1 Å². The van der Waals surface area contributed by atoms with E-state index in [2.05, 4.69) is 0 Å². The van der Waals surface area contributed by atoms with E-state index in [4.69, 9.17) is 5.11 Å². The molecule has 0 fully saturated rings. The molecule has 0 aliphatic carbocycles. The lowest BCUT2D eigenvalue weighted by molar-refractivity contribution is -0.137. The van der Waals surface area contributed by atoms with Gasteiger partial charge in [0.25, 0.3) is 0 Å². The number of aliphatic hydroxyl groups excluding tert-OH is 1. The third kappa shape index (κ3) is 5.34. The van der Waals surface area contributed by atoms with Crippen LogP contribution in [-0.2, 0) is 11.3 Å². The summed E-state index contributed by atoms with van der Waals surface area (Å²) in [4.78, 5) is 16.6. The highest BCUT2D eigenvalue weighted by Gasteiger charge is 2.27. The second kappa shape index (κ2) is 9.40. The van der Waals surface area contributed by atoms with E-state index in [1.165, 1.54) is 24.3 Å². The van der Waals surface area contributed by atoms with Crippen LogP contribution in [0.25, 0.3) is 0 Å². The Morgan fingerprint density at radius 3 is 2.04 bits per heavy atom. The van der Waals surface area contributed by atoms with Crippen molar-refractivity contribution in [1.29, 1.82) is 0 Å². The van der Waals surface area contributed by atoms with Gasteiger partial charge in [0.2, 0.25) is 5.91 Å². The van der Waals surface area contributed by atoms with Gasteiger partial charge in [-0.3, -0.25) is 9.69 Å². The molecular formula is C20H24F2N2O2. The molecule has 140 valence electrons. The van der Waals surface area contributed by atoms with Crippen LogP contribution in [0.1, 0.15) is 23.6 Å². The molecule has 0 aliphatic rings. The van der Waals surface area contributed by atoms with Gasteiger partial charge in [-0.25, -0.2) is 8.78 Å². The van der Waals surface area contributed by atoms with Crippen LogP contribution in [0.4, 0.5) is 8.78 Å². The van der Waals surface area contributed by atoms with E-state index < -0.39 is 6.04 Å². The molecule has 0 aromatic heterocycles. The van der Waals surface area contributed by atoms with Crippen molar-refractivity contribution in [3.8, 4) is 0 Å². The number of amides is 1. The Hall–Kier alpha value is -2.31. The summed E-state index contributed by atoms with van der Waals surface area (Å²) in [5, 5.41) is 9.16. The van der Waals surface area contributed by atoms with Crippen molar-refractivity contribution in [2.45, 2.75) is 19.0 Å². The molecule has 0 spiro atoms. The molecule has 2 aromatic carbocycles. The molecule has 1 N–H and O–H groups in total. The molecule has 0 saturated carbocycles. The number of nitrogens with zero attached hydrogens (tertiary/aromatic N) is 2. The molecule has 0 heterocycles. The van der Waals surface area contributed by atoms with E-state index in [9.17, 15) is 13.6 Å². The van der Waals surface area contributed by atoms with Gasteiger partial charge in [0.15, 0.2) is 0 Å². The SMILES string of the molecule is CN(C)[C@H](C(=O)N(CCCO)Cc1ccc(F)cc1)c1ccc(F)cc1. The van der Waals surface area contributed by atoms with Crippen LogP contribution in [0.2, 0.25) is 0 Å². The monoisotopic (exact) mass is 362 g/mol. The van der Waals surface area contributed by atoms with Crippen molar-refractivity contribution >= 4 is 5.91 Å². The molecule has 1 atom stereocenters.